The second-order valence-electron chi connectivity index (χ2n) is 4.17. The standard InChI is InChI=1S/C14H17N3O3/c1-4-17-14(18)11(15)8-12(16-17)10-7-9(19-2)5-6-13(10)20-3/h5-8H,4,15H2,1-3H3. The number of methoxy groups -OCH3 is 2. The fourth-order valence-corrected chi connectivity index (χ4v) is 1.92. The molecule has 0 aliphatic heterocycles. The average Bonchev–Trinajstić information content (AvgIpc) is 2.49. The zero-order valence-corrected chi connectivity index (χ0v) is 11.7. The lowest BCUT2D eigenvalue weighted by molar-refractivity contribution is 0.404. The molecule has 0 unspecified atom stereocenters. The van der Waals surface area contributed by atoms with E-state index >= 15 is 0 Å². The number of nitrogens with zero attached hydrogens (tertiary/aromatic N) is 2. The molecular weight excluding hydrogens is 258 g/mol. The van der Waals surface area contributed by atoms with Crippen LogP contribution in [0.3, 0.4) is 0 Å². The Hall–Kier alpha value is -2.50. The summed E-state index contributed by atoms with van der Waals surface area (Å²) in [6, 6.07) is 6.92. The molecule has 1 aromatic carbocycles. The van der Waals surface area contributed by atoms with Crippen LogP contribution in [0.5, 0.6) is 11.5 Å². The number of anilines is 1. The van der Waals surface area contributed by atoms with Crippen molar-refractivity contribution in [2.24, 2.45) is 0 Å². The van der Waals surface area contributed by atoms with Crippen LogP contribution < -0.4 is 20.8 Å². The van der Waals surface area contributed by atoms with Crippen LogP contribution in [0.2, 0.25) is 0 Å². The number of hydrogen-bond acceptors (Lipinski definition) is 5. The third kappa shape index (κ3) is 2.45. The molecule has 1 aromatic heterocycles. The van der Waals surface area contributed by atoms with E-state index in [1.807, 2.05) is 6.92 Å². The highest BCUT2D eigenvalue weighted by Gasteiger charge is 2.12. The van der Waals surface area contributed by atoms with Crippen molar-refractivity contribution in [3.8, 4) is 22.8 Å². The summed E-state index contributed by atoms with van der Waals surface area (Å²) in [6.45, 7) is 2.28. The van der Waals surface area contributed by atoms with Gasteiger partial charge in [-0.2, -0.15) is 5.10 Å². The summed E-state index contributed by atoms with van der Waals surface area (Å²) in [5.74, 6) is 1.31. The van der Waals surface area contributed by atoms with E-state index in [-0.39, 0.29) is 11.2 Å². The average molecular weight is 275 g/mol. The first kappa shape index (κ1) is 13.9. The molecule has 0 spiro atoms. The third-order valence-electron chi connectivity index (χ3n) is 2.98. The molecule has 0 aliphatic carbocycles. The number of nitrogens with two attached hydrogens (primary N) is 1. The number of ether oxygens (including phenoxy) is 2. The Bertz CT molecular complexity index is 680. The van der Waals surface area contributed by atoms with Gasteiger partial charge in [0.2, 0.25) is 0 Å². The predicted molar refractivity (Wildman–Crippen MR) is 77.1 cm³/mol. The van der Waals surface area contributed by atoms with Gasteiger partial charge < -0.3 is 15.2 Å². The molecule has 2 aromatic rings. The van der Waals surface area contributed by atoms with Gasteiger partial charge in [-0.3, -0.25) is 4.79 Å². The molecule has 0 fully saturated rings. The van der Waals surface area contributed by atoms with Crippen LogP contribution in [0.4, 0.5) is 5.69 Å². The molecule has 106 valence electrons. The maximum Gasteiger partial charge on any atom is 0.289 e. The molecular formula is C14H17N3O3. The highest BCUT2D eigenvalue weighted by Crippen LogP contribution is 2.32. The Morgan fingerprint density at radius 1 is 1.25 bits per heavy atom. The molecule has 1 heterocycles. The van der Waals surface area contributed by atoms with Crippen LogP contribution in [0.1, 0.15) is 6.92 Å². The molecule has 2 rings (SSSR count). The number of rotatable bonds is 4. The van der Waals surface area contributed by atoms with Crippen molar-refractivity contribution >= 4 is 5.69 Å². The van der Waals surface area contributed by atoms with E-state index in [0.29, 0.717) is 23.7 Å². The number of aromatic nitrogens is 2. The van der Waals surface area contributed by atoms with Crippen LogP contribution >= 0.6 is 0 Å². The molecule has 0 aliphatic rings. The number of nitrogen functional groups attached to an aromatic ring is 1. The van der Waals surface area contributed by atoms with Gasteiger partial charge in [-0.15, -0.1) is 0 Å². The second kappa shape index (κ2) is 5.64. The van der Waals surface area contributed by atoms with E-state index < -0.39 is 0 Å². The molecule has 0 saturated heterocycles. The van der Waals surface area contributed by atoms with Crippen molar-refractivity contribution in [3.05, 3.63) is 34.6 Å². The first-order valence-corrected chi connectivity index (χ1v) is 6.20. The summed E-state index contributed by atoms with van der Waals surface area (Å²) in [4.78, 5) is 11.8. The van der Waals surface area contributed by atoms with E-state index in [1.165, 1.54) is 4.68 Å². The minimum atomic E-state index is -0.293. The smallest absolute Gasteiger partial charge is 0.289 e. The normalized spacial score (nSPS) is 10.3. The van der Waals surface area contributed by atoms with Gasteiger partial charge in [0.1, 0.15) is 17.2 Å². The molecule has 20 heavy (non-hydrogen) atoms. The monoisotopic (exact) mass is 275 g/mol. The SMILES string of the molecule is CCn1nc(-c2cc(OC)ccc2OC)cc(N)c1=O. The molecule has 0 atom stereocenters. The zero-order valence-electron chi connectivity index (χ0n) is 11.7. The Labute approximate surface area is 116 Å². The van der Waals surface area contributed by atoms with Crippen LogP contribution in [-0.4, -0.2) is 24.0 Å². The van der Waals surface area contributed by atoms with E-state index in [4.69, 9.17) is 15.2 Å². The molecule has 0 saturated carbocycles. The van der Waals surface area contributed by atoms with E-state index in [2.05, 4.69) is 5.10 Å². The Morgan fingerprint density at radius 2 is 2.00 bits per heavy atom. The minimum absolute atomic E-state index is 0.154. The van der Waals surface area contributed by atoms with E-state index in [1.54, 1.807) is 38.5 Å². The molecule has 6 heteroatoms. The summed E-state index contributed by atoms with van der Waals surface area (Å²) in [5.41, 5.74) is 6.90. The van der Waals surface area contributed by atoms with Gasteiger partial charge in [0.15, 0.2) is 0 Å². The number of hydrogen-bond donors (Lipinski definition) is 1. The Kier molecular flexibility index (Phi) is 3.93. The first-order valence-electron chi connectivity index (χ1n) is 6.20. The molecule has 0 bridgehead atoms. The quantitative estimate of drug-likeness (QED) is 0.915. The third-order valence-corrected chi connectivity index (χ3v) is 2.98. The summed E-state index contributed by atoms with van der Waals surface area (Å²) in [6.07, 6.45) is 0. The maximum absolute atomic E-state index is 11.8. The van der Waals surface area contributed by atoms with Crippen LogP contribution in [0.15, 0.2) is 29.1 Å². The zero-order chi connectivity index (χ0) is 14.7. The van der Waals surface area contributed by atoms with Crippen LogP contribution in [0.25, 0.3) is 11.3 Å². The fourth-order valence-electron chi connectivity index (χ4n) is 1.92. The predicted octanol–water partition coefficient (Wildman–Crippen LogP) is 1.53. The second-order valence-corrected chi connectivity index (χ2v) is 4.17. The van der Waals surface area contributed by atoms with Crippen molar-refractivity contribution in [2.75, 3.05) is 20.0 Å². The van der Waals surface area contributed by atoms with Crippen molar-refractivity contribution in [3.63, 3.8) is 0 Å². The van der Waals surface area contributed by atoms with Gasteiger partial charge in [-0.05, 0) is 31.2 Å². The van der Waals surface area contributed by atoms with Gasteiger partial charge >= 0.3 is 0 Å². The summed E-state index contributed by atoms with van der Waals surface area (Å²) < 4.78 is 11.8. The van der Waals surface area contributed by atoms with Gasteiger partial charge in [0.25, 0.3) is 5.56 Å². The van der Waals surface area contributed by atoms with E-state index in [9.17, 15) is 4.79 Å². The minimum Gasteiger partial charge on any atom is -0.497 e. The van der Waals surface area contributed by atoms with Crippen LogP contribution in [0, 0.1) is 0 Å². The molecule has 2 N–H and O–H groups in total. The first-order chi connectivity index (χ1) is 9.60. The van der Waals surface area contributed by atoms with E-state index in [0.717, 1.165) is 5.56 Å². The van der Waals surface area contributed by atoms with Crippen molar-refractivity contribution in [1.82, 2.24) is 9.78 Å². The topological polar surface area (TPSA) is 79.4 Å². The number of aryl methyl sites for hydroxylation is 1. The van der Waals surface area contributed by atoms with Crippen molar-refractivity contribution in [1.29, 1.82) is 0 Å². The summed E-state index contributed by atoms with van der Waals surface area (Å²) in [5, 5.41) is 4.29. The van der Waals surface area contributed by atoms with Gasteiger partial charge in [0.05, 0.1) is 19.9 Å². The van der Waals surface area contributed by atoms with Gasteiger partial charge in [0, 0.05) is 12.1 Å². The Morgan fingerprint density at radius 3 is 2.60 bits per heavy atom. The largest absolute Gasteiger partial charge is 0.497 e. The fraction of sp³-hybridized carbons (Fsp3) is 0.286. The maximum atomic E-state index is 11.8. The molecule has 6 nitrogen and oxygen atoms in total. The summed E-state index contributed by atoms with van der Waals surface area (Å²) in [7, 11) is 3.16. The highest BCUT2D eigenvalue weighted by atomic mass is 16.5. The van der Waals surface area contributed by atoms with Crippen LogP contribution in [-0.2, 0) is 6.54 Å². The van der Waals surface area contributed by atoms with Crippen molar-refractivity contribution < 1.29 is 9.47 Å². The lowest BCUT2D eigenvalue weighted by Gasteiger charge is -2.12. The highest BCUT2D eigenvalue weighted by molar-refractivity contribution is 5.70. The summed E-state index contributed by atoms with van der Waals surface area (Å²) >= 11 is 0. The Balaban J connectivity index is 2.67. The number of benzene rings is 1. The van der Waals surface area contributed by atoms with Gasteiger partial charge in [-0.25, -0.2) is 4.68 Å². The van der Waals surface area contributed by atoms with Crippen molar-refractivity contribution in [2.45, 2.75) is 13.5 Å². The lowest BCUT2D eigenvalue weighted by Crippen LogP contribution is -2.25. The lowest BCUT2D eigenvalue weighted by atomic mass is 10.1. The van der Waals surface area contributed by atoms with Gasteiger partial charge in [-0.1, -0.05) is 0 Å². The molecule has 0 radical (unpaired) electrons. The molecule has 0 amide bonds.